The van der Waals surface area contributed by atoms with E-state index in [9.17, 15) is 18.0 Å². The third-order valence-corrected chi connectivity index (χ3v) is 7.21. The van der Waals surface area contributed by atoms with Gasteiger partial charge >= 0.3 is 0 Å². The predicted octanol–water partition coefficient (Wildman–Crippen LogP) is 3.05. The molecule has 8 nitrogen and oxygen atoms in total. The number of carbonyl (C=O) groups excluding carboxylic acids is 1. The third kappa shape index (κ3) is 5.46. The average Bonchev–Trinajstić information content (AvgIpc) is 2.84. The van der Waals surface area contributed by atoms with Gasteiger partial charge in [-0.15, -0.1) is 0 Å². The molecule has 0 aliphatic rings. The van der Waals surface area contributed by atoms with E-state index >= 15 is 0 Å². The number of carbonyl (C=O) groups is 1. The van der Waals surface area contributed by atoms with Gasteiger partial charge in [0.25, 0.3) is 15.6 Å². The van der Waals surface area contributed by atoms with E-state index in [1.54, 1.807) is 36.4 Å². The summed E-state index contributed by atoms with van der Waals surface area (Å²) in [6.07, 6.45) is 0. The number of aryl methyl sites for hydroxylation is 1. The van der Waals surface area contributed by atoms with E-state index in [1.807, 2.05) is 37.3 Å². The molecule has 0 bridgehead atoms. The Balaban J connectivity index is 1.60. The first kappa shape index (κ1) is 23.5. The SMILES string of the molecule is Cc1ccc(S(=O)(=O)Nn2c(SCC(=O)NCc3ccccc3)nc3ccccc3c2=O)cc1. The Bertz CT molecular complexity index is 1490. The fourth-order valence-electron chi connectivity index (χ4n) is 3.16. The van der Waals surface area contributed by atoms with Crippen molar-refractivity contribution in [2.24, 2.45) is 0 Å². The lowest BCUT2D eigenvalue weighted by atomic mass is 10.2. The number of sulfonamides is 1. The van der Waals surface area contributed by atoms with Crippen molar-refractivity contribution in [1.82, 2.24) is 15.0 Å². The summed E-state index contributed by atoms with van der Waals surface area (Å²) >= 11 is 0.970. The van der Waals surface area contributed by atoms with Crippen molar-refractivity contribution in [3.05, 3.63) is 100 Å². The summed E-state index contributed by atoms with van der Waals surface area (Å²) in [7, 11) is -4.07. The lowest BCUT2D eigenvalue weighted by molar-refractivity contribution is -0.118. The van der Waals surface area contributed by atoms with Crippen LogP contribution in [0, 0.1) is 6.92 Å². The fraction of sp³-hybridized carbons (Fsp3) is 0.125. The first-order valence-electron chi connectivity index (χ1n) is 10.4. The first-order valence-corrected chi connectivity index (χ1v) is 12.8. The zero-order valence-electron chi connectivity index (χ0n) is 18.3. The molecule has 0 saturated heterocycles. The molecule has 174 valence electrons. The van der Waals surface area contributed by atoms with Crippen molar-refractivity contribution in [1.29, 1.82) is 0 Å². The number of nitrogens with zero attached hydrogens (tertiary/aromatic N) is 2. The molecule has 3 aromatic carbocycles. The van der Waals surface area contributed by atoms with Gasteiger partial charge in [-0.05, 0) is 36.8 Å². The first-order chi connectivity index (χ1) is 16.3. The standard InChI is InChI=1S/C24H22N4O4S2/c1-17-11-13-19(14-12-17)34(31,32)27-28-23(30)20-9-5-6-10-21(20)26-24(28)33-16-22(29)25-15-18-7-3-2-4-8-18/h2-14,27H,15-16H2,1H3,(H,25,29). The molecule has 4 rings (SSSR count). The zero-order chi connectivity index (χ0) is 24.1. The number of hydrogen-bond acceptors (Lipinski definition) is 6. The highest BCUT2D eigenvalue weighted by molar-refractivity contribution is 7.99. The van der Waals surface area contributed by atoms with Gasteiger partial charge in [0.1, 0.15) is 0 Å². The smallest absolute Gasteiger partial charge is 0.281 e. The molecule has 0 spiro atoms. The Labute approximate surface area is 201 Å². The monoisotopic (exact) mass is 494 g/mol. The lowest BCUT2D eigenvalue weighted by Gasteiger charge is -2.15. The van der Waals surface area contributed by atoms with Crippen LogP contribution in [0.1, 0.15) is 11.1 Å². The molecule has 0 aliphatic heterocycles. The number of amides is 1. The van der Waals surface area contributed by atoms with Crippen molar-refractivity contribution in [3.63, 3.8) is 0 Å². The Kier molecular flexibility index (Phi) is 6.99. The minimum atomic E-state index is -4.07. The van der Waals surface area contributed by atoms with Crippen LogP contribution in [0.15, 0.2) is 93.7 Å². The Hall–Kier alpha value is -3.63. The topological polar surface area (TPSA) is 110 Å². The molecule has 1 amide bonds. The summed E-state index contributed by atoms with van der Waals surface area (Å²) in [5.74, 6) is -0.326. The van der Waals surface area contributed by atoms with Gasteiger partial charge in [-0.3, -0.25) is 9.59 Å². The molecule has 0 unspecified atom stereocenters. The van der Waals surface area contributed by atoms with Crippen LogP contribution in [0.2, 0.25) is 0 Å². The number of nitrogens with one attached hydrogen (secondary N) is 2. The number of rotatable bonds is 8. The van der Waals surface area contributed by atoms with Crippen molar-refractivity contribution in [2.45, 2.75) is 23.5 Å². The lowest BCUT2D eigenvalue weighted by Crippen LogP contribution is -2.35. The summed E-state index contributed by atoms with van der Waals surface area (Å²) in [5, 5.41) is 3.13. The average molecular weight is 495 g/mol. The Morgan fingerprint density at radius 2 is 1.65 bits per heavy atom. The minimum Gasteiger partial charge on any atom is -0.351 e. The second-order valence-corrected chi connectivity index (χ2v) is 10.1. The van der Waals surface area contributed by atoms with E-state index in [-0.39, 0.29) is 27.1 Å². The number of aromatic nitrogens is 2. The maximum atomic E-state index is 13.1. The molecule has 1 heterocycles. The van der Waals surface area contributed by atoms with Crippen molar-refractivity contribution in [2.75, 3.05) is 10.6 Å². The van der Waals surface area contributed by atoms with Crippen LogP contribution in [0.5, 0.6) is 0 Å². The molecule has 1 aromatic heterocycles. The van der Waals surface area contributed by atoms with E-state index in [4.69, 9.17) is 0 Å². The third-order valence-electron chi connectivity index (χ3n) is 4.95. The molecular formula is C24H22N4O4S2. The number of benzene rings is 3. The van der Waals surface area contributed by atoms with Crippen LogP contribution in [0.4, 0.5) is 0 Å². The highest BCUT2D eigenvalue weighted by atomic mass is 32.2. The quantitative estimate of drug-likeness (QED) is 0.288. The maximum absolute atomic E-state index is 13.1. The van der Waals surface area contributed by atoms with Gasteiger partial charge in [-0.2, -0.15) is 13.1 Å². The molecule has 0 aliphatic carbocycles. The number of hydrogen-bond donors (Lipinski definition) is 2. The molecule has 2 N–H and O–H groups in total. The van der Waals surface area contributed by atoms with Crippen molar-refractivity contribution < 1.29 is 13.2 Å². The largest absolute Gasteiger partial charge is 0.351 e. The minimum absolute atomic E-state index is 0.00899. The highest BCUT2D eigenvalue weighted by Crippen LogP contribution is 2.19. The normalized spacial score (nSPS) is 11.3. The Morgan fingerprint density at radius 1 is 0.971 bits per heavy atom. The number of thioether (sulfide) groups is 1. The van der Waals surface area contributed by atoms with Gasteiger partial charge in [0.05, 0.1) is 21.6 Å². The second-order valence-electron chi connectivity index (χ2n) is 7.51. The van der Waals surface area contributed by atoms with Gasteiger partial charge in [-0.25, -0.2) is 9.82 Å². The van der Waals surface area contributed by atoms with E-state index < -0.39 is 15.6 Å². The van der Waals surface area contributed by atoms with Crippen molar-refractivity contribution in [3.8, 4) is 0 Å². The summed E-state index contributed by atoms with van der Waals surface area (Å²) in [4.78, 5) is 32.3. The van der Waals surface area contributed by atoms with Crippen LogP contribution in [0.3, 0.4) is 0 Å². The molecule has 0 saturated carbocycles. The molecular weight excluding hydrogens is 472 g/mol. The van der Waals surface area contributed by atoms with Gasteiger partial charge < -0.3 is 5.32 Å². The van der Waals surface area contributed by atoms with Crippen LogP contribution in [-0.4, -0.2) is 29.7 Å². The summed E-state index contributed by atoms with van der Waals surface area (Å²) < 4.78 is 26.8. The molecule has 0 radical (unpaired) electrons. The Morgan fingerprint density at radius 3 is 2.38 bits per heavy atom. The van der Waals surface area contributed by atoms with Gasteiger partial charge in [0, 0.05) is 6.54 Å². The van der Waals surface area contributed by atoms with Crippen molar-refractivity contribution >= 4 is 38.6 Å². The molecule has 10 heteroatoms. The summed E-state index contributed by atoms with van der Waals surface area (Å²) in [5.41, 5.74) is 1.69. The van der Waals surface area contributed by atoms with Crippen LogP contribution >= 0.6 is 11.8 Å². The van der Waals surface area contributed by atoms with Crippen LogP contribution in [0.25, 0.3) is 10.9 Å². The second kappa shape index (κ2) is 10.1. The summed E-state index contributed by atoms with van der Waals surface area (Å²) in [6, 6.07) is 22.4. The fourth-order valence-corrected chi connectivity index (χ4v) is 5.01. The van der Waals surface area contributed by atoms with Gasteiger partial charge in [-0.1, -0.05) is 71.9 Å². The van der Waals surface area contributed by atoms with E-state index in [0.717, 1.165) is 27.6 Å². The van der Waals surface area contributed by atoms with E-state index in [0.29, 0.717) is 12.1 Å². The van der Waals surface area contributed by atoms with E-state index in [2.05, 4.69) is 15.1 Å². The van der Waals surface area contributed by atoms with Gasteiger partial charge in [0.2, 0.25) is 5.91 Å². The maximum Gasteiger partial charge on any atom is 0.281 e. The number of para-hydroxylation sites is 1. The van der Waals surface area contributed by atoms with Crippen LogP contribution in [-0.2, 0) is 21.4 Å². The molecule has 0 fully saturated rings. The highest BCUT2D eigenvalue weighted by Gasteiger charge is 2.20. The molecule has 0 atom stereocenters. The van der Waals surface area contributed by atoms with Gasteiger partial charge in [0.15, 0.2) is 5.16 Å². The zero-order valence-corrected chi connectivity index (χ0v) is 19.9. The summed E-state index contributed by atoms with van der Waals surface area (Å²) in [6.45, 7) is 2.21. The molecule has 4 aromatic rings. The van der Waals surface area contributed by atoms with E-state index in [1.165, 1.54) is 12.1 Å². The molecule has 34 heavy (non-hydrogen) atoms. The van der Waals surface area contributed by atoms with Crippen LogP contribution < -0.4 is 15.7 Å². The predicted molar refractivity (Wildman–Crippen MR) is 133 cm³/mol. The number of fused-ring (bicyclic) bond motifs is 1.